The molecule has 1 rings (SSSR count). The van der Waals surface area contributed by atoms with E-state index in [0.717, 1.165) is 44.4 Å². The molecule has 0 spiro atoms. The number of hydrogen-bond acceptors (Lipinski definition) is 2. The van der Waals surface area contributed by atoms with Gasteiger partial charge in [0.25, 0.3) is 0 Å². The highest BCUT2D eigenvalue weighted by Crippen LogP contribution is 2.56. The summed E-state index contributed by atoms with van der Waals surface area (Å²) in [5, 5.41) is 20.2. The molecule has 2 N–H and O–H groups in total. The fraction of sp³-hybridized carbons (Fsp3) is 0.929. The molecule has 0 aromatic carbocycles. The van der Waals surface area contributed by atoms with Crippen LogP contribution in [0.2, 0.25) is 0 Å². The number of carboxylic acids is 2. The normalized spacial score (nSPS) is 23.5. The van der Waals surface area contributed by atoms with Crippen LogP contribution in [0.25, 0.3) is 0 Å². The topological polar surface area (TPSA) is 74.6 Å². The van der Waals surface area contributed by atoms with Crippen molar-refractivity contribution in [1.82, 2.24) is 0 Å². The van der Waals surface area contributed by atoms with Gasteiger partial charge in [0.1, 0.15) is 0 Å². The van der Waals surface area contributed by atoms with Gasteiger partial charge in [-0.05, 0) is 31.6 Å². The van der Waals surface area contributed by atoms with Gasteiger partial charge in [0.05, 0.1) is 10.8 Å². The molecule has 4 nitrogen and oxygen atoms in total. The first-order chi connectivity index (χ1) is 15.3. The van der Waals surface area contributed by atoms with Crippen LogP contribution in [0.4, 0.5) is 0 Å². The molecule has 1 fully saturated rings. The van der Waals surface area contributed by atoms with Gasteiger partial charge in [-0.15, -0.1) is 0 Å². The highest BCUT2D eigenvalue weighted by Gasteiger charge is 2.60. The summed E-state index contributed by atoms with van der Waals surface area (Å²) in [6.07, 6.45) is 20.8. The zero-order valence-electron chi connectivity index (χ0n) is 21.4. The minimum absolute atomic E-state index is 0.479. The summed E-state index contributed by atoms with van der Waals surface area (Å²) in [4.78, 5) is 24.7. The summed E-state index contributed by atoms with van der Waals surface area (Å²) in [5.41, 5.74) is -2.16. The van der Waals surface area contributed by atoms with E-state index in [0.29, 0.717) is 25.7 Å². The molecule has 32 heavy (non-hydrogen) atoms. The maximum absolute atomic E-state index is 12.4. The van der Waals surface area contributed by atoms with Crippen LogP contribution in [0.3, 0.4) is 0 Å². The third-order valence-corrected chi connectivity index (χ3v) is 8.00. The van der Waals surface area contributed by atoms with Crippen molar-refractivity contribution in [1.29, 1.82) is 0 Å². The van der Waals surface area contributed by atoms with Gasteiger partial charge < -0.3 is 10.2 Å². The Balaban J connectivity index is 2.26. The second-order valence-electron chi connectivity index (χ2n) is 10.9. The van der Waals surface area contributed by atoms with Crippen LogP contribution < -0.4 is 0 Å². The molecule has 1 saturated carbocycles. The lowest BCUT2D eigenvalue weighted by molar-refractivity contribution is -0.182. The average molecular weight is 453 g/mol. The maximum Gasteiger partial charge on any atom is 0.310 e. The second-order valence-corrected chi connectivity index (χ2v) is 10.9. The van der Waals surface area contributed by atoms with Crippen LogP contribution >= 0.6 is 0 Å². The zero-order chi connectivity index (χ0) is 23.9. The Kier molecular flexibility index (Phi) is 14.2. The predicted octanol–water partition coefficient (Wildman–Crippen LogP) is 8.62. The molecule has 2 unspecified atom stereocenters. The van der Waals surface area contributed by atoms with E-state index in [2.05, 4.69) is 13.8 Å². The minimum Gasteiger partial charge on any atom is -0.481 e. The first kappa shape index (κ1) is 29.0. The molecule has 0 heterocycles. The highest BCUT2D eigenvalue weighted by atomic mass is 16.4. The molecule has 0 aromatic heterocycles. The molecule has 0 amide bonds. The van der Waals surface area contributed by atoms with E-state index in [4.69, 9.17) is 0 Å². The molecule has 0 radical (unpaired) electrons. The van der Waals surface area contributed by atoms with Gasteiger partial charge in [0.2, 0.25) is 0 Å². The minimum atomic E-state index is -1.08. The SMILES string of the molecule is CCCC1(C(=O)O)CCCCC1(CCCCCCCCCCCCCCC(C)C)C(=O)O. The van der Waals surface area contributed by atoms with E-state index in [-0.39, 0.29) is 0 Å². The van der Waals surface area contributed by atoms with Gasteiger partial charge in [0, 0.05) is 0 Å². The first-order valence-corrected chi connectivity index (χ1v) is 13.8. The number of carboxylic acid groups (broad SMARTS) is 2. The summed E-state index contributed by atoms with van der Waals surface area (Å²) in [6, 6.07) is 0. The third-order valence-electron chi connectivity index (χ3n) is 8.00. The van der Waals surface area contributed by atoms with Crippen LogP contribution in [0.15, 0.2) is 0 Å². The van der Waals surface area contributed by atoms with E-state index in [1.807, 2.05) is 6.92 Å². The third kappa shape index (κ3) is 8.71. The molecule has 188 valence electrons. The van der Waals surface area contributed by atoms with Crippen molar-refractivity contribution in [3.63, 3.8) is 0 Å². The van der Waals surface area contributed by atoms with E-state index < -0.39 is 22.8 Å². The van der Waals surface area contributed by atoms with Crippen LogP contribution in [0.1, 0.15) is 149 Å². The maximum atomic E-state index is 12.4. The van der Waals surface area contributed by atoms with E-state index in [1.165, 1.54) is 64.2 Å². The molecular weight excluding hydrogens is 400 g/mol. The Morgan fingerprint density at radius 2 is 1.03 bits per heavy atom. The molecule has 0 aromatic rings. The Labute approximate surface area is 197 Å². The lowest BCUT2D eigenvalue weighted by atomic mass is 9.52. The summed E-state index contributed by atoms with van der Waals surface area (Å²) in [7, 11) is 0. The van der Waals surface area contributed by atoms with Crippen molar-refractivity contribution in [3.8, 4) is 0 Å². The van der Waals surface area contributed by atoms with Crippen molar-refractivity contribution < 1.29 is 19.8 Å². The average Bonchev–Trinajstić information content (AvgIpc) is 2.74. The van der Waals surface area contributed by atoms with Crippen molar-refractivity contribution in [2.45, 2.75) is 149 Å². The molecule has 0 bridgehead atoms. The standard InChI is InChI=1S/C28H52O4/c1-4-20-27(25(29)30)22-17-18-23-28(27,26(31)32)21-16-14-12-10-8-6-5-7-9-11-13-15-19-24(2)3/h24H,4-23H2,1-3H3,(H,29,30)(H,31,32). The monoisotopic (exact) mass is 452 g/mol. The fourth-order valence-corrected chi connectivity index (χ4v) is 6.07. The molecular formula is C28H52O4. The number of rotatable bonds is 19. The van der Waals surface area contributed by atoms with Gasteiger partial charge in [0.15, 0.2) is 0 Å². The van der Waals surface area contributed by atoms with Gasteiger partial charge in [-0.2, -0.15) is 0 Å². The van der Waals surface area contributed by atoms with Gasteiger partial charge in [-0.3, -0.25) is 9.59 Å². The smallest absolute Gasteiger partial charge is 0.310 e. The van der Waals surface area contributed by atoms with Gasteiger partial charge in [-0.1, -0.05) is 124 Å². The number of hydrogen-bond donors (Lipinski definition) is 2. The molecule has 0 saturated heterocycles. The highest BCUT2D eigenvalue weighted by molar-refractivity contribution is 5.87. The molecule has 1 aliphatic rings. The molecule has 0 aliphatic heterocycles. The molecule has 4 heteroatoms. The quantitative estimate of drug-likeness (QED) is 0.192. The number of aliphatic carboxylic acids is 2. The predicted molar refractivity (Wildman–Crippen MR) is 133 cm³/mol. The summed E-state index contributed by atoms with van der Waals surface area (Å²) in [6.45, 7) is 6.57. The first-order valence-electron chi connectivity index (χ1n) is 13.8. The van der Waals surface area contributed by atoms with E-state index in [9.17, 15) is 19.8 Å². The molecule has 1 aliphatic carbocycles. The fourth-order valence-electron chi connectivity index (χ4n) is 6.07. The Bertz CT molecular complexity index is 526. The Morgan fingerprint density at radius 1 is 0.656 bits per heavy atom. The molecule has 2 atom stereocenters. The Hall–Kier alpha value is -1.06. The van der Waals surface area contributed by atoms with Crippen molar-refractivity contribution in [2.75, 3.05) is 0 Å². The number of unbranched alkanes of at least 4 members (excludes halogenated alkanes) is 11. The Morgan fingerprint density at radius 3 is 1.41 bits per heavy atom. The second kappa shape index (κ2) is 15.7. The van der Waals surface area contributed by atoms with Crippen LogP contribution in [0.5, 0.6) is 0 Å². The van der Waals surface area contributed by atoms with Crippen molar-refractivity contribution in [2.24, 2.45) is 16.7 Å². The van der Waals surface area contributed by atoms with Crippen molar-refractivity contribution in [3.05, 3.63) is 0 Å². The van der Waals surface area contributed by atoms with Crippen LogP contribution in [-0.4, -0.2) is 22.2 Å². The summed E-state index contributed by atoms with van der Waals surface area (Å²) < 4.78 is 0. The summed E-state index contributed by atoms with van der Waals surface area (Å²) in [5.74, 6) is -0.929. The van der Waals surface area contributed by atoms with E-state index >= 15 is 0 Å². The van der Waals surface area contributed by atoms with Gasteiger partial charge >= 0.3 is 11.9 Å². The number of carbonyl (C=O) groups is 2. The summed E-state index contributed by atoms with van der Waals surface area (Å²) >= 11 is 0. The van der Waals surface area contributed by atoms with Gasteiger partial charge in [-0.25, -0.2) is 0 Å². The van der Waals surface area contributed by atoms with Crippen molar-refractivity contribution >= 4 is 11.9 Å². The lowest BCUT2D eigenvalue weighted by Crippen LogP contribution is -2.54. The zero-order valence-corrected chi connectivity index (χ0v) is 21.4. The van der Waals surface area contributed by atoms with E-state index in [1.54, 1.807) is 0 Å². The largest absolute Gasteiger partial charge is 0.481 e. The lowest BCUT2D eigenvalue weighted by Gasteiger charge is -2.48. The van der Waals surface area contributed by atoms with Crippen LogP contribution in [0, 0.1) is 16.7 Å². The van der Waals surface area contributed by atoms with Crippen LogP contribution in [-0.2, 0) is 9.59 Å².